The van der Waals surface area contributed by atoms with Gasteiger partial charge in [-0.25, -0.2) is 9.78 Å². The highest BCUT2D eigenvalue weighted by atomic mass is 16.4. The zero-order chi connectivity index (χ0) is 15.1. The molecule has 1 aromatic carbocycles. The highest BCUT2D eigenvalue weighted by Crippen LogP contribution is 2.30. The van der Waals surface area contributed by atoms with Crippen LogP contribution in [0.25, 0.3) is 11.0 Å². The topological polar surface area (TPSA) is 55.1 Å². The summed E-state index contributed by atoms with van der Waals surface area (Å²) in [6, 6.07) is 5.10. The summed E-state index contributed by atoms with van der Waals surface area (Å²) in [5, 5.41) is 9.13. The van der Waals surface area contributed by atoms with Gasteiger partial charge in [-0.1, -0.05) is 27.7 Å². The van der Waals surface area contributed by atoms with E-state index in [4.69, 9.17) is 5.11 Å². The molecule has 1 N–H and O–H groups in total. The highest BCUT2D eigenvalue weighted by Gasteiger charge is 2.24. The second-order valence-electron chi connectivity index (χ2n) is 6.40. The predicted molar refractivity (Wildman–Crippen MR) is 80.0 cm³/mol. The molecule has 1 aromatic heterocycles. The van der Waals surface area contributed by atoms with Crippen molar-refractivity contribution in [1.29, 1.82) is 0 Å². The molecule has 0 aliphatic rings. The van der Waals surface area contributed by atoms with E-state index >= 15 is 0 Å². The summed E-state index contributed by atoms with van der Waals surface area (Å²) in [6.07, 6.45) is 0. The second kappa shape index (κ2) is 4.93. The van der Waals surface area contributed by atoms with Gasteiger partial charge in [0.05, 0.1) is 16.6 Å². The molecule has 2 rings (SSSR count). The number of carboxylic acids is 1. The standard InChI is InChI=1S/C16H22N2O2/c1-10(2)16(4,5)9-18-11(3)17-13-7-6-12(15(19)20)8-14(13)18/h6-8,10H,9H2,1-5H3,(H,19,20). The molecular formula is C16H22N2O2. The lowest BCUT2D eigenvalue weighted by Crippen LogP contribution is -2.26. The van der Waals surface area contributed by atoms with Crippen LogP contribution in [-0.2, 0) is 6.54 Å². The van der Waals surface area contributed by atoms with Crippen molar-refractivity contribution >= 4 is 17.0 Å². The van der Waals surface area contributed by atoms with Gasteiger partial charge in [0.25, 0.3) is 0 Å². The minimum atomic E-state index is -0.902. The zero-order valence-electron chi connectivity index (χ0n) is 12.8. The Morgan fingerprint density at radius 2 is 2.05 bits per heavy atom. The molecule has 0 atom stereocenters. The first-order valence-corrected chi connectivity index (χ1v) is 6.92. The quantitative estimate of drug-likeness (QED) is 0.924. The fraction of sp³-hybridized carbons (Fsp3) is 0.500. The van der Waals surface area contributed by atoms with Crippen molar-refractivity contribution in [1.82, 2.24) is 9.55 Å². The molecule has 2 aromatic rings. The fourth-order valence-electron chi connectivity index (χ4n) is 2.17. The molecule has 0 spiro atoms. The molecule has 0 aliphatic heterocycles. The van der Waals surface area contributed by atoms with Crippen LogP contribution in [0, 0.1) is 18.3 Å². The minimum Gasteiger partial charge on any atom is -0.478 e. The summed E-state index contributed by atoms with van der Waals surface area (Å²) >= 11 is 0. The van der Waals surface area contributed by atoms with Gasteiger partial charge in [0.1, 0.15) is 5.82 Å². The number of benzene rings is 1. The van der Waals surface area contributed by atoms with E-state index in [1.165, 1.54) is 0 Å². The minimum absolute atomic E-state index is 0.123. The number of hydrogen-bond donors (Lipinski definition) is 1. The van der Waals surface area contributed by atoms with E-state index in [1.54, 1.807) is 18.2 Å². The van der Waals surface area contributed by atoms with Crippen LogP contribution in [0.5, 0.6) is 0 Å². The first-order valence-electron chi connectivity index (χ1n) is 6.92. The average molecular weight is 274 g/mol. The maximum Gasteiger partial charge on any atom is 0.335 e. The van der Waals surface area contributed by atoms with E-state index in [0.29, 0.717) is 11.5 Å². The van der Waals surface area contributed by atoms with E-state index < -0.39 is 5.97 Å². The molecule has 0 amide bonds. The van der Waals surface area contributed by atoms with Crippen LogP contribution in [-0.4, -0.2) is 20.6 Å². The van der Waals surface area contributed by atoms with Gasteiger partial charge in [0.15, 0.2) is 0 Å². The van der Waals surface area contributed by atoms with Gasteiger partial charge in [-0.2, -0.15) is 0 Å². The lowest BCUT2D eigenvalue weighted by molar-refractivity contribution is 0.0697. The van der Waals surface area contributed by atoms with Gasteiger partial charge >= 0.3 is 5.97 Å². The fourth-order valence-corrected chi connectivity index (χ4v) is 2.17. The van der Waals surface area contributed by atoms with Gasteiger partial charge in [-0.3, -0.25) is 0 Å². The number of hydrogen-bond acceptors (Lipinski definition) is 2. The van der Waals surface area contributed by atoms with Crippen LogP contribution < -0.4 is 0 Å². The van der Waals surface area contributed by atoms with E-state index in [1.807, 2.05) is 6.92 Å². The number of rotatable bonds is 4. The average Bonchev–Trinajstić information content (AvgIpc) is 2.64. The summed E-state index contributed by atoms with van der Waals surface area (Å²) in [5.74, 6) is 0.554. The van der Waals surface area contributed by atoms with Crippen molar-refractivity contribution in [3.63, 3.8) is 0 Å². The maximum absolute atomic E-state index is 11.1. The number of carboxylic acid groups (broad SMARTS) is 1. The third-order valence-corrected chi connectivity index (χ3v) is 4.31. The van der Waals surface area contributed by atoms with Crippen molar-refractivity contribution in [2.45, 2.75) is 41.2 Å². The van der Waals surface area contributed by atoms with Gasteiger partial charge < -0.3 is 9.67 Å². The Morgan fingerprint density at radius 1 is 1.40 bits per heavy atom. The van der Waals surface area contributed by atoms with Gasteiger partial charge in [-0.05, 0) is 36.5 Å². The van der Waals surface area contributed by atoms with Crippen LogP contribution in [0.15, 0.2) is 18.2 Å². The van der Waals surface area contributed by atoms with Crippen LogP contribution in [0.4, 0.5) is 0 Å². The van der Waals surface area contributed by atoms with Gasteiger partial charge in [-0.15, -0.1) is 0 Å². The Balaban J connectivity index is 2.54. The molecule has 0 fully saturated rings. The molecule has 0 unspecified atom stereocenters. The third kappa shape index (κ3) is 2.55. The number of aryl methyl sites for hydroxylation is 1. The monoisotopic (exact) mass is 274 g/mol. The summed E-state index contributed by atoms with van der Waals surface area (Å²) in [5.41, 5.74) is 2.18. The smallest absolute Gasteiger partial charge is 0.335 e. The zero-order valence-corrected chi connectivity index (χ0v) is 12.8. The van der Waals surface area contributed by atoms with E-state index in [-0.39, 0.29) is 5.41 Å². The van der Waals surface area contributed by atoms with Crippen LogP contribution in [0.3, 0.4) is 0 Å². The highest BCUT2D eigenvalue weighted by molar-refractivity contribution is 5.92. The van der Waals surface area contributed by atoms with Crippen molar-refractivity contribution < 1.29 is 9.90 Å². The summed E-state index contributed by atoms with van der Waals surface area (Å²) < 4.78 is 2.13. The first-order chi connectivity index (χ1) is 9.22. The van der Waals surface area contributed by atoms with E-state index in [9.17, 15) is 4.79 Å². The normalized spacial score (nSPS) is 12.3. The summed E-state index contributed by atoms with van der Waals surface area (Å²) in [4.78, 5) is 15.7. The maximum atomic E-state index is 11.1. The molecule has 0 aliphatic carbocycles. The predicted octanol–water partition coefficient (Wildman–Crippen LogP) is 3.73. The van der Waals surface area contributed by atoms with Gasteiger partial charge in [0.2, 0.25) is 0 Å². The number of carbonyl (C=O) groups is 1. The molecular weight excluding hydrogens is 252 g/mol. The Labute approximate surface area is 119 Å². The Hall–Kier alpha value is -1.84. The van der Waals surface area contributed by atoms with Crippen LogP contribution in [0.2, 0.25) is 0 Å². The number of imidazole rings is 1. The molecule has 1 heterocycles. The lowest BCUT2D eigenvalue weighted by Gasteiger charge is -2.30. The Morgan fingerprint density at radius 3 is 2.60 bits per heavy atom. The number of aromatic nitrogens is 2. The first kappa shape index (κ1) is 14.6. The lowest BCUT2D eigenvalue weighted by atomic mass is 9.81. The molecule has 4 heteroatoms. The molecule has 0 radical (unpaired) electrons. The van der Waals surface area contributed by atoms with Crippen molar-refractivity contribution in [3.05, 3.63) is 29.6 Å². The number of aromatic carboxylic acids is 1. The molecule has 0 saturated heterocycles. The molecule has 108 valence electrons. The Kier molecular flexibility index (Phi) is 3.59. The molecule has 20 heavy (non-hydrogen) atoms. The largest absolute Gasteiger partial charge is 0.478 e. The van der Waals surface area contributed by atoms with Crippen LogP contribution in [0.1, 0.15) is 43.9 Å². The molecule has 4 nitrogen and oxygen atoms in total. The third-order valence-electron chi connectivity index (χ3n) is 4.31. The number of nitrogens with zero attached hydrogens (tertiary/aromatic N) is 2. The van der Waals surface area contributed by atoms with Crippen LogP contribution >= 0.6 is 0 Å². The number of fused-ring (bicyclic) bond motifs is 1. The van der Waals surface area contributed by atoms with E-state index in [2.05, 4.69) is 37.2 Å². The molecule has 0 bridgehead atoms. The Bertz CT molecular complexity index is 654. The van der Waals surface area contributed by atoms with Gasteiger partial charge in [0, 0.05) is 6.54 Å². The SMILES string of the molecule is Cc1nc2ccc(C(=O)O)cc2n1CC(C)(C)C(C)C. The van der Waals surface area contributed by atoms with E-state index in [0.717, 1.165) is 23.4 Å². The van der Waals surface area contributed by atoms with Crippen molar-refractivity contribution in [3.8, 4) is 0 Å². The molecule has 0 saturated carbocycles. The van der Waals surface area contributed by atoms with Crippen molar-refractivity contribution in [2.75, 3.05) is 0 Å². The summed E-state index contributed by atoms with van der Waals surface area (Å²) in [7, 11) is 0. The summed E-state index contributed by atoms with van der Waals surface area (Å²) in [6.45, 7) is 11.7. The van der Waals surface area contributed by atoms with Crippen molar-refractivity contribution in [2.24, 2.45) is 11.3 Å². The second-order valence-corrected chi connectivity index (χ2v) is 6.40.